The van der Waals surface area contributed by atoms with Gasteiger partial charge in [0, 0.05) is 4.47 Å². The van der Waals surface area contributed by atoms with Crippen LogP contribution in [-0.2, 0) is 16.2 Å². The molecule has 0 aliphatic rings. The zero-order valence-corrected chi connectivity index (χ0v) is 14.7. The highest BCUT2D eigenvalue weighted by Crippen LogP contribution is 2.35. The Bertz CT molecular complexity index is 912. The maximum absolute atomic E-state index is 12.7. The van der Waals surface area contributed by atoms with Crippen molar-refractivity contribution in [2.45, 2.75) is 17.4 Å². The number of anilines is 1. The lowest BCUT2D eigenvalue weighted by molar-refractivity contribution is -0.274. The first kappa shape index (κ1) is 20.4. The number of hydrogen-bond acceptors (Lipinski definition) is 3. The molecule has 12 heteroatoms. The van der Waals surface area contributed by atoms with Gasteiger partial charge in [0.1, 0.15) is 0 Å². The summed E-state index contributed by atoms with van der Waals surface area (Å²) in [4.78, 5) is -0.770. The maximum atomic E-state index is 12.7. The third-order valence-electron chi connectivity index (χ3n) is 2.89. The molecular weight excluding hydrogens is 456 g/mol. The van der Waals surface area contributed by atoms with Crippen LogP contribution in [0.3, 0.4) is 0 Å². The Morgan fingerprint density at radius 2 is 1.62 bits per heavy atom. The monoisotopic (exact) mass is 463 g/mol. The van der Waals surface area contributed by atoms with E-state index in [0.717, 1.165) is 24.3 Å². The largest absolute Gasteiger partial charge is 0.573 e. The van der Waals surface area contributed by atoms with Gasteiger partial charge in [-0.25, -0.2) is 8.42 Å². The third kappa shape index (κ3) is 5.27. The minimum atomic E-state index is -5.10. The smallest absolute Gasteiger partial charge is 0.403 e. The van der Waals surface area contributed by atoms with Crippen LogP contribution in [0.15, 0.2) is 51.8 Å². The van der Waals surface area contributed by atoms with E-state index in [1.54, 1.807) is 4.72 Å². The standard InChI is InChI=1S/C14H8BrF6NO3S/c15-9-4-5-11(12(7-9)25-14(19,20)21)22-26(23,24)10-3-1-2-8(6-10)13(16,17)18/h1-7,22H. The van der Waals surface area contributed by atoms with Gasteiger partial charge in [0.25, 0.3) is 10.0 Å². The summed E-state index contributed by atoms with van der Waals surface area (Å²) in [5.41, 5.74) is -1.81. The van der Waals surface area contributed by atoms with Crippen molar-refractivity contribution in [3.8, 4) is 5.75 Å². The van der Waals surface area contributed by atoms with Gasteiger partial charge in [-0.15, -0.1) is 13.2 Å². The van der Waals surface area contributed by atoms with Crippen LogP contribution >= 0.6 is 15.9 Å². The Morgan fingerprint density at radius 1 is 0.962 bits per heavy atom. The molecule has 26 heavy (non-hydrogen) atoms. The molecule has 1 N–H and O–H groups in total. The zero-order chi connectivity index (χ0) is 19.8. The van der Waals surface area contributed by atoms with Crippen LogP contribution in [0.25, 0.3) is 0 Å². The van der Waals surface area contributed by atoms with Crippen LogP contribution in [0.1, 0.15) is 5.56 Å². The predicted octanol–water partition coefficient (Wildman–Crippen LogP) is 5.17. The van der Waals surface area contributed by atoms with Gasteiger partial charge in [0.15, 0.2) is 5.75 Å². The van der Waals surface area contributed by atoms with E-state index in [1.165, 1.54) is 6.07 Å². The molecule has 0 aliphatic carbocycles. The Hall–Kier alpha value is -1.95. The third-order valence-corrected chi connectivity index (χ3v) is 4.74. The van der Waals surface area contributed by atoms with Crippen molar-refractivity contribution in [1.29, 1.82) is 0 Å². The van der Waals surface area contributed by atoms with E-state index in [0.29, 0.717) is 12.1 Å². The van der Waals surface area contributed by atoms with Gasteiger partial charge >= 0.3 is 12.5 Å². The first-order valence-corrected chi connectivity index (χ1v) is 8.81. The second-order valence-corrected chi connectivity index (χ2v) is 7.42. The van der Waals surface area contributed by atoms with Gasteiger partial charge in [-0.3, -0.25) is 4.72 Å². The molecule has 0 aromatic heterocycles. The van der Waals surface area contributed by atoms with Crippen LogP contribution < -0.4 is 9.46 Å². The van der Waals surface area contributed by atoms with Crippen molar-refractivity contribution >= 4 is 31.6 Å². The highest BCUT2D eigenvalue weighted by molar-refractivity contribution is 9.10. The van der Waals surface area contributed by atoms with E-state index in [9.17, 15) is 34.8 Å². The van der Waals surface area contributed by atoms with E-state index < -0.39 is 44.5 Å². The number of sulfonamides is 1. The molecule has 0 spiro atoms. The van der Waals surface area contributed by atoms with E-state index >= 15 is 0 Å². The van der Waals surface area contributed by atoms with Crippen LogP contribution in [0.5, 0.6) is 5.75 Å². The van der Waals surface area contributed by atoms with E-state index in [-0.39, 0.29) is 4.47 Å². The minimum Gasteiger partial charge on any atom is -0.403 e. The molecule has 0 heterocycles. The molecule has 2 aromatic rings. The number of benzene rings is 2. The van der Waals surface area contributed by atoms with Gasteiger partial charge in [-0.2, -0.15) is 13.2 Å². The van der Waals surface area contributed by atoms with E-state index in [4.69, 9.17) is 0 Å². The molecule has 0 amide bonds. The fraction of sp³-hybridized carbons (Fsp3) is 0.143. The maximum Gasteiger partial charge on any atom is 0.573 e. The number of ether oxygens (including phenoxy) is 1. The summed E-state index contributed by atoms with van der Waals surface area (Å²) in [6.45, 7) is 0. The molecule has 0 fully saturated rings. The van der Waals surface area contributed by atoms with Gasteiger partial charge in [-0.1, -0.05) is 22.0 Å². The fourth-order valence-electron chi connectivity index (χ4n) is 1.83. The summed E-state index contributed by atoms with van der Waals surface area (Å²) in [6, 6.07) is 5.83. The normalized spacial score (nSPS) is 12.7. The topological polar surface area (TPSA) is 55.4 Å². The van der Waals surface area contributed by atoms with Gasteiger partial charge in [-0.05, 0) is 36.4 Å². The molecule has 2 aromatic carbocycles. The number of rotatable bonds is 4. The second-order valence-electron chi connectivity index (χ2n) is 4.82. The zero-order valence-electron chi connectivity index (χ0n) is 12.3. The molecule has 0 unspecified atom stereocenters. The molecule has 0 saturated heterocycles. The summed E-state index contributed by atoms with van der Waals surface area (Å²) < 4.78 is 106. The van der Waals surface area contributed by atoms with Crippen molar-refractivity contribution in [3.63, 3.8) is 0 Å². The lowest BCUT2D eigenvalue weighted by Crippen LogP contribution is -2.20. The molecule has 2 rings (SSSR count). The molecule has 0 radical (unpaired) electrons. The number of halogens is 7. The van der Waals surface area contributed by atoms with E-state index in [1.807, 2.05) is 0 Å². The number of nitrogens with one attached hydrogen (secondary N) is 1. The Labute approximate surface area is 152 Å². The summed E-state index contributed by atoms with van der Waals surface area (Å²) in [5, 5.41) is 0. The quantitative estimate of drug-likeness (QED) is 0.636. The molecular formula is C14H8BrF6NO3S. The highest BCUT2D eigenvalue weighted by Gasteiger charge is 2.34. The Balaban J connectivity index is 2.42. The molecule has 0 aliphatic heterocycles. The second kappa shape index (κ2) is 6.99. The van der Waals surface area contributed by atoms with Gasteiger partial charge < -0.3 is 4.74 Å². The van der Waals surface area contributed by atoms with Gasteiger partial charge in [0.2, 0.25) is 0 Å². The van der Waals surface area contributed by atoms with Gasteiger partial charge in [0.05, 0.1) is 16.1 Å². The van der Waals surface area contributed by atoms with Crippen LogP contribution in [-0.4, -0.2) is 14.8 Å². The fourth-order valence-corrected chi connectivity index (χ4v) is 3.29. The summed E-state index contributed by atoms with van der Waals surface area (Å²) >= 11 is 2.91. The van der Waals surface area contributed by atoms with Crippen molar-refractivity contribution in [3.05, 3.63) is 52.5 Å². The predicted molar refractivity (Wildman–Crippen MR) is 83.1 cm³/mol. The number of alkyl halides is 6. The van der Waals surface area contributed by atoms with Crippen molar-refractivity contribution in [2.24, 2.45) is 0 Å². The highest BCUT2D eigenvalue weighted by atomic mass is 79.9. The van der Waals surface area contributed by atoms with Crippen molar-refractivity contribution in [1.82, 2.24) is 0 Å². The first-order chi connectivity index (χ1) is 11.8. The average molecular weight is 464 g/mol. The van der Waals surface area contributed by atoms with Crippen LogP contribution in [0, 0.1) is 0 Å². The Morgan fingerprint density at radius 3 is 2.19 bits per heavy atom. The first-order valence-electron chi connectivity index (χ1n) is 6.53. The van der Waals surface area contributed by atoms with Crippen molar-refractivity contribution in [2.75, 3.05) is 4.72 Å². The molecule has 4 nitrogen and oxygen atoms in total. The molecule has 0 saturated carbocycles. The van der Waals surface area contributed by atoms with E-state index in [2.05, 4.69) is 20.7 Å². The molecule has 0 atom stereocenters. The van der Waals surface area contributed by atoms with Crippen LogP contribution in [0.4, 0.5) is 32.0 Å². The summed E-state index contributed by atoms with van der Waals surface area (Å²) in [6.07, 6.45) is -9.88. The SMILES string of the molecule is O=S(=O)(Nc1ccc(Br)cc1OC(F)(F)F)c1cccc(C(F)(F)F)c1. The Kier molecular flexibility index (Phi) is 5.47. The van der Waals surface area contributed by atoms with Crippen molar-refractivity contribution < 1.29 is 39.5 Å². The summed E-state index contributed by atoms with van der Waals surface area (Å²) in [5.74, 6) is -0.873. The summed E-state index contributed by atoms with van der Waals surface area (Å²) in [7, 11) is -4.60. The minimum absolute atomic E-state index is 0.166. The average Bonchev–Trinajstić information content (AvgIpc) is 2.48. The lowest BCUT2D eigenvalue weighted by atomic mass is 10.2. The lowest BCUT2D eigenvalue weighted by Gasteiger charge is -2.16. The molecule has 0 bridgehead atoms. The van der Waals surface area contributed by atoms with Crippen LogP contribution in [0.2, 0.25) is 0 Å². The molecule has 142 valence electrons. The number of hydrogen-bond donors (Lipinski definition) is 1.